The second-order valence-corrected chi connectivity index (χ2v) is 3.58. The Balaban J connectivity index is 2.86. The molecule has 96 valence electrons. The Morgan fingerprint density at radius 1 is 1.44 bits per heavy atom. The number of Topliss-reactive ketones (excluding diaryl/α,β-unsaturated/α-hetero) is 1. The Hall–Kier alpha value is -2.24. The van der Waals surface area contributed by atoms with Crippen LogP contribution in [-0.4, -0.2) is 24.4 Å². The predicted molar refractivity (Wildman–Crippen MR) is 66.6 cm³/mol. The SMILES string of the molecule is CCOC(=O)C(Nc1cccc(N=O)c1)C(C)=O. The van der Waals surface area contributed by atoms with Crippen molar-refractivity contribution in [2.75, 3.05) is 11.9 Å². The highest BCUT2D eigenvalue weighted by Crippen LogP contribution is 2.18. The summed E-state index contributed by atoms with van der Waals surface area (Å²) in [5.41, 5.74) is 0.673. The molecule has 0 aromatic heterocycles. The van der Waals surface area contributed by atoms with E-state index in [1.54, 1.807) is 19.1 Å². The number of ketones is 1. The van der Waals surface area contributed by atoms with Crippen LogP contribution in [-0.2, 0) is 14.3 Å². The summed E-state index contributed by atoms with van der Waals surface area (Å²) in [5.74, 6) is -1.01. The third kappa shape index (κ3) is 3.65. The highest BCUT2D eigenvalue weighted by Gasteiger charge is 2.24. The second-order valence-electron chi connectivity index (χ2n) is 3.58. The van der Waals surface area contributed by atoms with Gasteiger partial charge in [0.05, 0.1) is 6.61 Å². The lowest BCUT2D eigenvalue weighted by molar-refractivity contribution is -0.146. The Morgan fingerprint density at radius 2 is 2.17 bits per heavy atom. The quantitative estimate of drug-likeness (QED) is 0.474. The first-order chi connectivity index (χ1) is 8.58. The molecule has 0 fully saturated rings. The molecule has 1 atom stereocenters. The second kappa shape index (κ2) is 6.48. The van der Waals surface area contributed by atoms with E-state index in [1.807, 2.05) is 0 Å². The van der Waals surface area contributed by atoms with E-state index in [4.69, 9.17) is 4.74 Å². The van der Waals surface area contributed by atoms with Gasteiger partial charge in [0, 0.05) is 5.69 Å². The molecule has 1 aromatic rings. The van der Waals surface area contributed by atoms with Crippen molar-refractivity contribution in [1.82, 2.24) is 0 Å². The number of esters is 1. The van der Waals surface area contributed by atoms with Gasteiger partial charge in [0.15, 0.2) is 11.8 Å². The van der Waals surface area contributed by atoms with E-state index < -0.39 is 12.0 Å². The van der Waals surface area contributed by atoms with Crippen LogP contribution in [0.2, 0.25) is 0 Å². The minimum absolute atomic E-state index is 0.195. The topological polar surface area (TPSA) is 84.8 Å². The van der Waals surface area contributed by atoms with Gasteiger partial charge in [0.25, 0.3) is 0 Å². The molecule has 0 radical (unpaired) electrons. The molecule has 0 heterocycles. The molecular formula is C12H14N2O4. The summed E-state index contributed by atoms with van der Waals surface area (Å²) in [6.07, 6.45) is 0. The number of ether oxygens (including phenoxy) is 1. The number of nitrogens with one attached hydrogen (secondary N) is 1. The van der Waals surface area contributed by atoms with Crippen molar-refractivity contribution in [1.29, 1.82) is 0 Å². The number of anilines is 1. The fourth-order valence-electron chi connectivity index (χ4n) is 1.37. The molecule has 0 spiro atoms. The van der Waals surface area contributed by atoms with E-state index in [0.717, 1.165) is 0 Å². The van der Waals surface area contributed by atoms with Crippen molar-refractivity contribution in [3.8, 4) is 0 Å². The van der Waals surface area contributed by atoms with Crippen LogP contribution in [0.15, 0.2) is 29.4 Å². The molecule has 0 aliphatic carbocycles. The van der Waals surface area contributed by atoms with Crippen molar-refractivity contribution in [3.05, 3.63) is 29.2 Å². The highest BCUT2D eigenvalue weighted by atomic mass is 16.5. The van der Waals surface area contributed by atoms with Gasteiger partial charge in [-0.15, -0.1) is 4.91 Å². The summed E-state index contributed by atoms with van der Waals surface area (Å²) < 4.78 is 4.79. The largest absolute Gasteiger partial charge is 0.464 e. The molecule has 1 rings (SSSR count). The lowest BCUT2D eigenvalue weighted by atomic mass is 10.2. The molecule has 6 nitrogen and oxygen atoms in total. The lowest BCUT2D eigenvalue weighted by Gasteiger charge is -2.15. The van der Waals surface area contributed by atoms with E-state index in [9.17, 15) is 14.5 Å². The van der Waals surface area contributed by atoms with Crippen molar-refractivity contribution in [2.24, 2.45) is 5.18 Å². The highest BCUT2D eigenvalue weighted by molar-refractivity contribution is 6.04. The van der Waals surface area contributed by atoms with E-state index in [2.05, 4.69) is 10.5 Å². The Morgan fingerprint density at radius 3 is 2.72 bits per heavy atom. The maximum absolute atomic E-state index is 11.6. The van der Waals surface area contributed by atoms with Crippen LogP contribution in [0, 0.1) is 4.91 Å². The molecule has 1 aromatic carbocycles. The number of hydrogen-bond acceptors (Lipinski definition) is 6. The van der Waals surface area contributed by atoms with Crippen LogP contribution in [0.4, 0.5) is 11.4 Å². The zero-order chi connectivity index (χ0) is 13.5. The molecule has 0 saturated carbocycles. The van der Waals surface area contributed by atoms with Crippen LogP contribution in [0.3, 0.4) is 0 Å². The molecule has 0 amide bonds. The van der Waals surface area contributed by atoms with Crippen LogP contribution >= 0.6 is 0 Å². The van der Waals surface area contributed by atoms with E-state index in [1.165, 1.54) is 19.1 Å². The number of nitrogens with zero attached hydrogens (tertiary/aromatic N) is 1. The molecular weight excluding hydrogens is 236 g/mol. The Kier molecular flexibility index (Phi) is 4.98. The molecule has 0 aliphatic rings. The number of carbonyl (C=O) groups excluding carboxylic acids is 2. The zero-order valence-electron chi connectivity index (χ0n) is 10.2. The van der Waals surface area contributed by atoms with E-state index >= 15 is 0 Å². The Labute approximate surface area is 104 Å². The van der Waals surface area contributed by atoms with Gasteiger partial charge in [-0.1, -0.05) is 6.07 Å². The van der Waals surface area contributed by atoms with Crippen molar-refractivity contribution < 1.29 is 14.3 Å². The minimum Gasteiger partial charge on any atom is -0.464 e. The first-order valence-corrected chi connectivity index (χ1v) is 5.45. The first-order valence-electron chi connectivity index (χ1n) is 5.45. The van der Waals surface area contributed by atoms with Crippen molar-refractivity contribution >= 4 is 23.1 Å². The van der Waals surface area contributed by atoms with Crippen LogP contribution in [0.25, 0.3) is 0 Å². The number of nitroso groups, excluding NO2 is 1. The number of rotatable bonds is 6. The van der Waals surface area contributed by atoms with Gasteiger partial charge in [0.1, 0.15) is 5.69 Å². The summed E-state index contributed by atoms with van der Waals surface area (Å²) in [6.45, 7) is 3.14. The standard InChI is InChI=1S/C12H14N2O4/c1-3-18-12(16)11(8(2)15)13-9-5-4-6-10(7-9)14-17/h4-7,11,13H,3H2,1-2H3. The van der Waals surface area contributed by atoms with Crippen LogP contribution < -0.4 is 5.32 Å². The molecule has 0 saturated heterocycles. The third-order valence-corrected chi connectivity index (χ3v) is 2.19. The van der Waals surface area contributed by atoms with Gasteiger partial charge in [0.2, 0.25) is 0 Å². The smallest absolute Gasteiger partial charge is 0.336 e. The van der Waals surface area contributed by atoms with Gasteiger partial charge < -0.3 is 10.1 Å². The third-order valence-electron chi connectivity index (χ3n) is 2.19. The van der Waals surface area contributed by atoms with Gasteiger partial charge in [-0.05, 0) is 37.2 Å². The average molecular weight is 250 g/mol. The number of hydrogen-bond donors (Lipinski definition) is 1. The maximum atomic E-state index is 11.6. The van der Waals surface area contributed by atoms with Crippen molar-refractivity contribution in [3.63, 3.8) is 0 Å². The van der Waals surface area contributed by atoms with E-state index in [-0.39, 0.29) is 18.1 Å². The van der Waals surface area contributed by atoms with Gasteiger partial charge in [-0.25, -0.2) is 4.79 Å². The summed E-state index contributed by atoms with van der Waals surface area (Å²) >= 11 is 0. The zero-order valence-corrected chi connectivity index (χ0v) is 10.2. The number of carbonyl (C=O) groups is 2. The maximum Gasteiger partial charge on any atom is 0.336 e. The summed E-state index contributed by atoms with van der Waals surface area (Å²) in [5, 5.41) is 5.49. The van der Waals surface area contributed by atoms with Crippen molar-refractivity contribution in [2.45, 2.75) is 19.9 Å². The fourth-order valence-corrected chi connectivity index (χ4v) is 1.37. The normalized spacial score (nSPS) is 11.4. The lowest BCUT2D eigenvalue weighted by Crippen LogP contribution is -2.37. The Bertz CT molecular complexity index is 459. The van der Waals surface area contributed by atoms with Gasteiger partial charge in [-0.3, -0.25) is 4.79 Å². The summed E-state index contributed by atoms with van der Waals surface area (Å²) in [7, 11) is 0. The molecule has 18 heavy (non-hydrogen) atoms. The fraction of sp³-hybridized carbons (Fsp3) is 0.333. The monoisotopic (exact) mass is 250 g/mol. The molecule has 0 aliphatic heterocycles. The minimum atomic E-state index is -1.08. The molecule has 6 heteroatoms. The van der Waals surface area contributed by atoms with Gasteiger partial charge >= 0.3 is 5.97 Å². The molecule has 1 unspecified atom stereocenters. The summed E-state index contributed by atoms with van der Waals surface area (Å²) in [6, 6.07) is 5.12. The predicted octanol–water partition coefficient (Wildman–Crippen LogP) is 2.02. The average Bonchev–Trinajstić information content (AvgIpc) is 2.36. The van der Waals surface area contributed by atoms with Crippen LogP contribution in [0.5, 0.6) is 0 Å². The van der Waals surface area contributed by atoms with Crippen LogP contribution in [0.1, 0.15) is 13.8 Å². The van der Waals surface area contributed by atoms with E-state index in [0.29, 0.717) is 5.69 Å². The number of benzene rings is 1. The summed E-state index contributed by atoms with van der Waals surface area (Å²) in [4.78, 5) is 33.3. The molecule has 0 bridgehead atoms. The molecule has 1 N–H and O–H groups in total. The first kappa shape index (κ1) is 13.8. The van der Waals surface area contributed by atoms with Gasteiger partial charge in [-0.2, -0.15) is 0 Å².